The Morgan fingerprint density at radius 3 is 2.30 bits per heavy atom. The van der Waals surface area contributed by atoms with Crippen LogP contribution in [0.4, 0.5) is 5.69 Å². The lowest BCUT2D eigenvalue weighted by Gasteiger charge is -2.20. The van der Waals surface area contributed by atoms with Crippen molar-refractivity contribution in [1.29, 1.82) is 5.26 Å². The van der Waals surface area contributed by atoms with Gasteiger partial charge in [-0.1, -0.05) is 12.1 Å². The number of carbonyl (C=O) groups excluding carboxylic acids is 1. The van der Waals surface area contributed by atoms with Gasteiger partial charge in [0.25, 0.3) is 10.0 Å². The normalized spacial score (nSPS) is 10.7. The van der Waals surface area contributed by atoms with Crippen LogP contribution in [-0.4, -0.2) is 28.5 Å². The van der Waals surface area contributed by atoms with E-state index in [1.807, 2.05) is 6.07 Å². The first-order valence-electron chi connectivity index (χ1n) is 6.58. The summed E-state index contributed by atoms with van der Waals surface area (Å²) in [6.07, 6.45) is 0. The van der Waals surface area contributed by atoms with Gasteiger partial charge in [-0.15, -0.1) is 0 Å². The first-order valence-corrected chi connectivity index (χ1v) is 8.02. The van der Waals surface area contributed by atoms with Gasteiger partial charge in [-0.05, 0) is 36.4 Å². The highest BCUT2D eigenvalue weighted by Gasteiger charge is 2.24. The number of benzene rings is 2. The molecule has 0 radical (unpaired) electrons. The van der Waals surface area contributed by atoms with E-state index in [-0.39, 0.29) is 10.5 Å². The average molecular weight is 330 g/mol. The Balaban J connectivity index is 2.41. The number of hydrogen-bond acceptors (Lipinski definition) is 5. The van der Waals surface area contributed by atoms with E-state index in [1.54, 1.807) is 12.1 Å². The first-order chi connectivity index (χ1) is 10.9. The van der Waals surface area contributed by atoms with E-state index in [2.05, 4.69) is 4.74 Å². The van der Waals surface area contributed by atoms with Crippen molar-refractivity contribution >= 4 is 21.7 Å². The maximum atomic E-state index is 12.7. The molecule has 0 aliphatic heterocycles. The minimum absolute atomic E-state index is 0.0676. The second-order valence-electron chi connectivity index (χ2n) is 4.62. The van der Waals surface area contributed by atoms with Crippen LogP contribution in [0.25, 0.3) is 0 Å². The Kier molecular flexibility index (Phi) is 4.67. The molecule has 0 atom stereocenters. The third-order valence-electron chi connectivity index (χ3n) is 3.30. The van der Waals surface area contributed by atoms with E-state index in [4.69, 9.17) is 5.26 Å². The summed E-state index contributed by atoms with van der Waals surface area (Å²) in [5.74, 6) is -0.503. The highest BCUT2D eigenvalue weighted by atomic mass is 32.2. The number of methoxy groups -OCH3 is 1. The van der Waals surface area contributed by atoms with Crippen LogP contribution in [0, 0.1) is 11.3 Å². The van der Waals surface area contributed by atoms with Crippen LogP contribution in [0.1, 0.15) is 15.9 Å². The molecule has 0 saturated heterocycles. The van der Waals surface area contributed by atoms with Crippen molar-refractivity contribution in [3.63, 3.8) is 0 Å². The number of rotatable bonds is 4. The maximum Gasteiger partial charge on any atom is 0.337 e. The Hall–Kier alpha value is -2.85. The maximum absolute atomic E-state index is 12.7. The highest BCUT2D eigenvalue weighted by molar-refractivity contribution is 7.92. The molecule has 2 rings (SSSR count). The molecule has 2 aromatic rings. The van der Waals surface area contributed by atoms with Gasteiger partial charge in [0.1, 0.15) is 11.0 Å². The molecule has 0 bridgehead atoms. The van der Waals surface area contributed by atoms with Crippen LogP contribution in [0.5, 0.6) is 0 Å². The molecule has 0 aliphatic carbocycles. The van der Waals surface area contributed by atoms with Crippen molar-refractivity contribution in [2.24, 2.45) is 0 Å². The third kappa shape index (κ3) is 3.17. The number of anilines is 1. The zero-order chi connectivity index (χ0) is 17.0. The van der Waals surface area contributed by atoms with Crippen molar-refractivity contribution in [3.8, 4) is 6.07 Å². The summed E-state index contributed by atoms with van der Waals surface area (Å²) in [5, 5.41) is 9.07. The lowest BCUT2D eigenvalue weighted by molar-refractivity contribution is 0.0601. The first kappa shape index (κ1) is 16.5. The number of hydrogen-bond donors (Lipinski definition) is 0. The molecule has 0 unspecified atom stereocenters. The molecule has 7 heteroatoms. The molecule has 2 aromatic carbocycles. The van der Waals surface area contributed by atoms with Crippen molar-refractivity contribution in [3.05, 3.63) is 59.7 Å². The molecule has 0 aromatic heterocycles. The molecule has 0 fully saturated rings. The molecular formula is C16H14N2O4S. The number of nitrogens with zero attached hydrogens (tertiary/aromatic N) is 2. The SMILES string of the molecule is COC(=O)c1ccc(N(C)S(=O)(=O)c2ccccc2C#N)cc1. The summed E-state index contributed by atoms with van der Waals surface area (Å²) in [6.45, 7) is 0. The molecule has 23 heavy (non-hydrogen) atoms. The van der Waals surface area contributed by atoms with Gasteiger partial charge >= 0.3 is 5.97 Å². The Morgan fingerprint density at radius 1 is 1.13 bits per heavy atom. The van der Waals surface area contributed by atoms with Crippen LogP contribution in [0.2, 0.25) is 0 Å². The number of carbonyl (C=O) groups is 1. The van der Waals surface area contributed by atoms with E-state index in [0.29, 0.717) is 11.3 Å². The van der Waals surface area contributed by atoms with E-state index in [9.17, 15) is 13.2 Å². The van der Waals surface area contributed by atoms with Crippen molar-refractivity contribution < 1.29 is 17.9 Å². The van der Waals surface area contributed by atoms with Gasteiger partial charge in [0.05, 0.1) is 23.9 Å². The van der Waals surface area contributed by atoms with Crippen molar-refractivity contribution in [2.75, 3.05) is 18.5 Å². The van der Waals surface area contributed by atoms with Crippen LogP contribution in [0.15, 0.2) is 53.4 Å². The molecule has 0 aliphatic rings. The summed E-state index contributed by atoms with van der Waals surface area (Å²) in [7, 11) is -1.22. The van der Waals surface area contributed by atoms with Gasteiger partial charge in [-0.2, -0.15) is 5.26 Å². The van der Waals surface area contributed by atoms with Crippen molar-refractivity contribution in [1.82, 2.24) is 0 Å². The van der Waals surface area contributed by atoms with E-state index in [0.717, 1.165) is 4.31 Å². The molecule has 0 heterocycles. The van der Waals surface area contributed by atoms with E-state index < -0.39 is 16.0 Å². The average Bonchev–Trinajstić information content (AvgIpc) is 2.60. The minimum atomic E-state index is -3.88. The molecule has 118 valence electrons. The Labute approximate surface area is 134 Å². The van der Waals surface area contributed by atoms with Crippen LogP contribution in [-0.2, 0) is 14.8 Å². The van der Waals surface area contributed by atoms with Crippen LogP contribution >= 0.6 is 0 Å². The fraction of sp³-hybridized carbons (Fsp3) is 0.125. The van der Waals surface area contributed by atoms with Gasteiger partial charge < -0.3 is 4.74 Å². The summed E-state index contributed by atoms with van der Waals surface area (Å²) in [4.78, 5) is 11.3. The minimum Gasteiger partial charge on any atom is -0.465 e. The lowest BCUT2D eigenvalue weighted by atomic mass is 10.2. The highest BCUT2D eigenvalue weighted by Crippen LogP contribution is 2.24. The van der Waals surface area contributed by atoms with Gasteiger partial charge in [-0.25, -0.2) is 13.2 Å². The topological polar surface area (TPSA) is 87.5 Å². The second-order valence-corrected chi connectivity index (χ2v) is 6.56. The fourth-order valence-corrected chi connectivity index (χ4v) is 3.33. The molecule has 0 saturated carbocycles. The molecular weight excluding hydrogens is 316 g/mol. The Bertz CT molecular complexity index is 868. The molecule has 0 N–H and O–H groups in total. The summed E-state index contributed by atoms with van der Waals surface area (Å²) >= 11 is 0. The fourth-order valence-electron chi connectivity index (χ4n) is 2.00. The monoisotopic (exact) mass is 330 g/mol. The standard InChI is InChI=1S/C16H14N2O4S/c1-18(14-9-7-12(8-10-14)16(19)22-2)23(20,21)15-6-4-3-5-13(15)11-17/h3-10H,1-2H3. The quantitative estimate of drug-likeness (QED) is 0.802. The molecule has 6 nitrogen and oxygen atoms in total. The van der Waals surface area contributed by atoms with Gasteiger partial charge in [-0.3, -0.25) is 4.31 Å². The van der Waals surface area contributed by atoms with Crippen LogP contribution in [0.3, 0.4) is 0 Å². The zero-order valence-electron chi connectivity index (χ0n) is 12.6. The number of nitriles is 1. The van der Waals surface area contributed by atoms with E-state index in [1.165, 1.54) is 50.6 Å². The largest absolute Gasteiger partial charge is 0.465 e. The van der Waals surface area contributed by atoms with E-state index >= 15 is 0 Å². The smallest absolute Gasteiger partial charge is 0.337 e. The van der Waals surface area contributed by atoms with Gasteiger partial charge in [0.2, 0.25) is 0 Å². The summed E-state index contributed by atoms with van der Waals surface area (Å²) in [5.41, 5.74) is 0.760. The predicted molar refractivity (Wildman–Crippen MR) is 84.5 cm³/mol. The second kappa shape index (κ2) is 6.50. The lowest BCUT2D eigenvalue weighted by Crippen LogP contribution is -2.27. The van der Waals surface area contributed by atoms with Crippen LogP contribution < -0.4 is 4.31 Å². The zero-order valence-corrected chi connectivity index (χ0v) is 13.4. The molecule has 0 spiro atoms. The summed E-state index contributed by atoms with van der Waals surface area (Å²) < 4.78 is 31.0. The Morgan fingerprint density at radius 2 is 1.74 bits per heavy atom. The van der Waals surface area contributed by atoms with Gasteiger partial charge in [0.15, 0.2) is 0 Å². The number of sulfonamides is 1. The van der Waals surface area contributed by atoms with Crippen molar-refractivity contribution in [2.45, 2.75) is 4.90 Å². The summed E-state index contributed by atoms with van der Waals surface area (Å²) in [6, 6.07) is 13.8. The predicted octanol–water partition coefficient (Wildman–Crippen LogP) is 2.17. The number of esters is 1. The third-order valence-corrected chi connectivity index (χ3v) is 5.14. The molecule has 0 amide bonds. The number of ether oxygens (including phenoxy) is 1. The van der Waals surface area contributed by atoms with Gasteiger partial charge in [0, 0.05) is 7.05 Å².